The molecule has 0 saturated carbocycles. The zero-order valence-electron chi connectivity index (χ0n) is 13.2. The molecule has 0 aromatic heterocycles. The van der Waals surface area contributed by atoms with Crippen LogP contribution < -0.4 is 22.7 Å². The minimum absolute atomic E-state index is 0.713. The highest BCUT2D eigenvalue weighted by Crippen LogP contribution is 1.93. The smallest absolute Gasteiger partial charge is 0.00973 e. The van der Waals surface area contributed by atoms with Gasteiger partial charge in [-0.2, -0.15) is 0 Å². The molecule has 0 amide bonds. The third kappa shape index (κ3) is 36.0. The zero-order chi connectivity index (χ0) is 14.6. The topological polar surface area (TPSA) is 90.1 Å². The molecule has 1 atom stereocenters. The van der Waals surface area contributed by atoms with E-state index in [4.69, 9.17) is 17.3 Å². The van der Waals surface area contributed by atoms with Crippen LogP contribution in [-0.4, -0.2) is 19.6 Å². The standard InChI is InChI=1S/2C5H13N.C4H12N2/c1-3-5(2)4-6;1-2-3-4-5-6;1-2-3-4-6-5/h5H,3-4,6H2,1-2H3;2-6H2,1H3;6H,2-5H2,1H3. The Morgan fingerprint density at radius 1 is 0.944 bits per heavy atom. The number of rotatable bonds is 8. The van der Waals surface area contributed by atoms with Gasteiger partial charge in [0, 0.05) is 6.54 Å². The van der Waals surface area contributed by atoms with Crippen molar-refractivity contribution in [3.05, 3.63) is 0 Å². The molecule has 7 N–H and O–H groups in total. The Balaban J connectivity index is -0.000000187. The molecule has 0 aliphatic carbocycles. The highest BCUT2D eigenvalue weighted by atomic mass is 15.2. The molecule has 1 unspecified atom stereocenters. The largest absolute Gasteiger partial charge is 0.330 e. The molecule has 0 rings (SSSR count). The van der Waals surface area contributed by atoms with E-state index in [9.17, 15) is 0 Å². The molecule has 0 radical (unpaired) electrons. The van der Waals surface area contributed by atoms with Gasteiger partial charge < -0.3 is 11.5 Å². The molecule has 0 fully saturated rings. The van der Waals surface area contributed by atoms with Gasteiger partial charge in [0.15, 0.2) is 0 Å². The normalized spacial score (nSPS) is 10.8. The van der Waals surface area contributed by atoms with Crippen molar-refractivity contribution in [2.24, 2.45) is 23.2 Å². The van der Waals surface area contributed by atoms with E-state index in [-0.39, 0.29) is 0 Å². The Kier molecular flexibility index (Phi) is 32.7. The predicted molar refractivity (Wildman–Crippen MR) is 84.2 cm³/mol. The number of unbranched alkanes of at least 4 members (excludes halogenated alkanes) is 3. The first kappa shape index (κ1) is 23.0. The molecule has 0 heterocycles. The lowest BCUT2D eigenvalue weighted by Crippen LogP contribution is -2.22. The van der Waals surface area contributed by atoms with Crippen molar-refractivity contribution in [2.75, 3.05) is 19.6 Å². The third-order valence-electron chi connectivity index (χ3n) is 2.58. The molecule has 18 heavy (non-hydrogen) atoms. The van der Waals surface area contributed by atoms with Crippen LogP contribution in [0.1, 0.15) is 66.2 Å². The summed E-state index contributed by atoms with van der Waals surface area (Å²) in [5, 5.41) is 0. The average molecular weight is 262 g/mol. The minimum atomic E-state index is 0.713. The number of hydrogen-bond acceptors (Lipinski definition) is 4. The summed E-state index contributed by atoms with van der Waals surface area (Å²) in [5.41, 5.74) is 13.1. The molecule has 0 bridgehead atoms. The average Bonchev–Trinajstić information content (AvgIpc) is 2.43. The molecule has 114 valence electrons. The van der Waals surface area contributed by atoms with Crippen LogP contribution in [0.5, 0.6) is 0 Å². The van der Waals surface area contributed by atoms with Gasteiger partial charge in [-0.25, -0.2) is 0 Å². The summed E-state index contributed by atoms with van der Waals surface area (Å²) < 4.78 is 0. The van der Waals surface area contributed by atoms with Crippen LogP contribution in [0.3, 0.4) is 0 Å². The summed E-state index contributed by atoms with van der Waals surface area (Å²) in [4.78, 5) is 0. The molecule has 0 saturated heterocycles. The highest BCUT2D eigenvalue weighted by molar-refractivity contribution is 4.45. The van der Waals surface area contributed by atoms with Gasteiger partial charge in [0.2, 0.25) is 0 Å². The van der Waals surface area contributed by atoms with Crippen molar-refractivity contribution in [1.82, 2.24) is 5.43 Å². The van der Waals surface area contributed by atoms with E-state index < -0.39 is 0 Å². The van der Waals surface area contributed by atoms with Crippen molar-refractivity contribution in [3.63, 3.8) is 0 Å². The second-order valence-electron chi connectivity index (χ2n) is 4.55. The van der Waals surface area contributed by atoms with E-state index in [1.165, 1.54) is 38.5 Å². The number of hydrogen-bond donors (Lipinski definition) is 4. The van der Waals surface area contributed by atoms with Crippen LogP contribution in [0.25, 0.3) is 0 Å². The number of hydrazine groups is 1. The second-order valence-corrected chi connectivity index (χ2v) is 4.55. The quantitative estimate of drug-likeness (QED) is 0.307. The fourth-order valence-electron chi connectivity index (χ4n) is 0.840. The summed E-state index contributed by atoms with van der Waals surface area (Å²) in [6.07, 6.45) is 7.35. The maximum atomic E-state index is 5.28. The third-order valence-corrected chi connectivity index (χ3v) is 2.58. The summed E-state index contributed by atoms with van der Waals surface area (Å²) >= 11 is 0. The SMILES string of the molecule is CCC(C)CN.CCCCCN.CCCCNN. The minimum Gasteiger partial charge on any atom is -0.330 e. The number of nitrogens with two attached hydrogens (primary N) is 3. The first-order valence-electron chi connectivity index (χ1n) is 7.47. The summed E-state index contributed by atoms with van der Waals surface area (Å²) in [7, 11) is 0. The summed E-state index contributed by atoms with van der Waals surface area (Å²) in [5.74, 6) is 5.68. The molecule has 4 nitrogen and oxygen atoms in total. The summed E-state index contributed by atoms with van der Waals surface area (Å²) in [6, 6.07) is 0. The van der Waals surface area contributed by atoms with Crippen LogP contribution in [0.4, 0.5) is 0 Å². The first-order valence-corrected chi connectivity index (χ1v) is 7.47. The van der Waals surface area contributed by atoms with Gasteiger partial charge in [0.1, 0.15) is 0 Å². The lowest BCUT2D eigenvalue weighted by atomic mass is 10.1. The first-order chi connectivity index (χ1) is 8.64. The molecule has 0 aromatic carbocycles. The zero-order valence-corrected chi connectivity index (χ0v) is 13.2. The van der Waals surface area contributed by atoms with Crippen molar-refractivity contribution < 1.29 is 0 Å². The maximum Gasteiger partial charge on any atom is 0.00973 e. The van der Waals surface area contributed by atoms with Crippen LogP contribution in [0.2, 0.25) is 0 Å². The van der Waals surface area contributed by atoms with Crippen molar-refractivity contribution in [3.8, 4) is 0 Å². The molecule has 0 aliphatic rings. The van der Waals surface area contributed by atoms with Crippen LogP contribution in [-0.2, 0) is 0 Å². The molecule has 0 aromatic rings. The van der Waals surface area contributed by atoms with E-state index >= 15 is 0 Å². The summed E-state index contributed by atoms with van der Waals surface area (Å²) in [6.45, 7) is 11.2. The maximum absolute atomic E-state index is 5.28. The van der Waals surface area contributed by atoms with E-state index in [0.717, 1.165) is 19.6 Å². The van der Waals surface area contributed by atoms with Crippen LogP contribution in [0.15, 0.2) is 0 Å². The van der Waals surface area contributed by atoms with E-state index in [0.29, 0.717) is 5.92 Å². The second kappa shape index (κ2) is 25.6. The number of nitrogens with one attached hydrogen (secondary N) is 1. The van der Waals surface area contributed by atoms with E-state index in [2.05, 4.69) is 33.1 Å². The Hall–Kier alpha value is -0.160. The molecule has 0 spiro atoms. The van der Waals surface area contributed by atoms with Crippen molar-refractivity contribution in [1.29, 1.82) is 0 Å². The fraction of sp³-hybridized carbons (Fsp3) is 1.00. The van der Waals surface area contributed by atoms with Crippen molar-refractivity contribution in [2.45, 2.75) is 66.2 Å². The lowest BCUT2D eigenvalue weighted by molar-refractivity contribution is 0.576. The van der Waals surface area contributed by atoms with Crippen LogP contribution in [0, 0.1) is 5.92 Å². The predicted octanol–water partition coefficient (Wildman–Crippen LogP) is 2.38. The van der Waals surface area contributed by atoms with Gasteiger partial charge in [-0.15, -0.1) is 0 Å². The molecule has 4 heteroatoms. The Labute approximate surface area is 115 Å². The highest BCUT2D eigenvalue weighted by Gasteiger charge is 1.89. The molecule has 0 aliphatic heterocycles. The van der Waals surface area contributed by atoms with Crippen LogP contribution >= 0.6 is 0 Å². The van der Waals surface area contributed by atoms with Gasteiger partial charge in [-0.3, -0.25) is 11.3 Å². The Morgan fingerprint density at radius 3 is 1.61 bits per heavy atom. The van der Waals surface area contributed by atoms with Gasteiger partial charge >= 0.3 is 0 Å². The Bertz CT molecular complexity index is 90.0. The van der Waals surface area contributed by atoms with Gasteiger partial charge in [-0.05, 0) is 31.8 Å². The van der Waals surface area contributed by atoms with E-state index in [1.54, 1.807) is 0 Å². The lowest BCUT2D eigenvalue weighted by Gasteiger charge is -1.98. The monoisotopic (exact) mass is 262 g/mol. The molecular weight excluding hydrogens is 224 g/mol. The van der Waals surface area contributed by atoms with E-state index in [1.807, 2.05) is 0 Å². The van der Waals surface area contributed by atoms with Gasteiger partial charge in [0.25, 0.3) is 0 Å². The van der Waals surface area contributed by atoms with Gasteiger partial charge in [-0.1, -0.05) is 53.4 Å². The fourth-order valence-corrected chi connectivity index (χ4v) is 0.840. The van der Waals surface area contributed by atoms with Crippen molar-refractivity contribution >= 4 is 0 Å². The van der Waals surface area contributed by atoms with Gasteiger partial charge in [0.05, 0.1) is 0 Å². The Morgan fingerprint density at radius 2 is 1.50 bits per heavy atom. The molecular formula is C14H38N4.